The third-order valence-corrected chi connectivity index (χ3v) is 5.67. The Bertz CT molecular complexity index is 781. The predicted octanol–water partition coefficient (Wildman–Crippen LogP) is 3.29. The molecule has 0 unspecified atom stereocenters. The van der Waals surface area contributed by atoms with Crippen LogP contribution in [-0.4, -0.2) is 46.4 Å². The fraction of sp³-hybridized carbons (Fsp3) is 0.565. The lowest BCUT2D eigenvalue weighted by molar-refractivity contribution is 0.161. The number of carbonyl (C=O) groups excluding carboxylic acids is 1. The first-order valence-corrected chi connectivity index (χ1v) is 10.6. The van der Waals surface area contributed by atoms with Crippen molar-refractivity contribution in [1.29, 1.82) is 0 Å². The van der Waals surface area contributed by atoms with Crippen molar-refractivity contribution in [3.8, 4) is 0 Å². The van der Waals surface area contributed by atoms with Crippen molar-refractivity contribution in [3.63, 3.8) is 0 Å². The molecule has 158 valence electrons. The third-order valence-electron chi connectivity index (χ3n) is 5.67. The molecule has 2 aromatic rings. The van der Waals surface area contributed by atoms with Gasteiger partial charge in [0.15, 0.2) is 0 Å². The maximum absolute atomic E-state index is 12.6. The number of aromatic nitrogens is 2. The van der Waals surface area contributed by atoms with Crippen LogP contribution in [0.2, 0.25) is 0 Å². The fourth-order valence-electron chi connectivity index (χ4n) is 3.77. The summed E-state index contributed by atoms with van der Waals surface area (Å²) >= 11 is 0. The smallest absolute Gasteiger partial charge is 0.315 e. The number of fused-ring (bicyclic) bond motifs is 1. The molecule has 0 saturated heterocycles. The highest BCUT2D eigenvalue weighted by molar-refractivity contribution is 5.74. The maximum Gasteiger partial charge on any atom is 0.315 e. The largest absolute Gasteiger partial charge is 0.338 e. The minimum absolute atomic E-state index is 0.0189. The molecular weight excluding hydrogens is 362 g/mol. The van der Waals surface area contributed by atoms with Gasteiger partial charge >= 0.3 is 6.03 Å². The van der Waals surface area contributed by atoms with Gasteiger partial charge in [-0.3, -0.25) is 9.58 Å². The van der Waals surface area contributed by atoms with Crippen molar-refractivity contribution in [2.24, 2.45) is 11.3 Å². The molecule has 2 heterocycles. The second-order valence-electron chi connectivity index (χ2n) is 9.36. The highest BCUT2D eigenvalue weighted by Crippen LogP contribution is 2.24. The van der Waals surface area contributed by atoms with Crippen LogP contribution in [0.25, 0.3) is 0 Å². The van der Waals surface area contributed by atoms with E-state index in [4.69, 9.17) is 0 Å². The molecule has 6 nitrogen and oxygen atoms in total. The zero-order valence-electron chi connectivity index (χ0n) is 18.2. The van der Waals surface area contributed by atoms with Gasteiger partial charge in [0.05, 0.1) is 0 Å². The fourth-order valence-corrected chi connectivity index (χ4v) is 3.77. The van der Waals surface area contributed by atoms with Crippen LogP contribution >= 0.6 is 0 Å². The van der Waals surface area contributed by atoms with E-state index in [9.17, 15) is 4.79 Å². The molecule has 0 bridgehead atoms. The van der Waals surface area contributed by atoms with Gasteiger partial charge in [-0.05, 0) is 34.9 Å². The lowest BCUT2D eigenvalue weighted by Gasteiger charge is -2.38. The zero-order valence-corrected chi connectivity index (χ0v) is 18.2. The van der Waals surface area contributed by atoms with E-state index in [1.54, 1.807) is 6.20 Å². The topological polar surface area (TPSA) is 62.2 Å². The van der Waals surface area contributed by atoms with Gasteiger partial charge in [-0.15, -0.1) is 0 Å². The number of nitrogens with zero attached hydrogens (tertiary/aromatic N) is 3. The summed E-state index contributed by atoms with van der Waals surface area (Å²) in [5.41, 5.74) is 2.84. The number of amides is 2. The van der Waals surface area contributed by atoms with E-state index in [-0.39, 0.29) is 17.5 Å². The van der Waals surface area contributed by atoms with E-state index in [2.05, 4.69) is 72.6 Å². The van der Waals surface area contributed by atoms with Gasteiger partial charge in [-0.1, -0.05) is 52.0 Å². The number of benzene rings is 1. The van der Waals surface area contributed by atoms with E-state index in [0.717, 1.165) is 32.6 Å². The molecule has 0 radical (unpaired) electrons. The van der Waals surface area contributed by atoms with Crippen molar-refractivity contribution in [2.75, 3.05) is 19.6 Å². The summed E-state index contributed by atoms with van der Waals surface area (Å²) in [7, 11) is 0. The van der Waals surface area contributed by atoms with Crippen LogP contribution in [0.3, 0.4) is 0 Å². The first-order chi connectivity index (χ1) is 13.8. The molecule has 1 aromatic carbocycles. The van der Waals surface area contributed by atoms with E-state index in [0.29, 0.717) is 12.5 Å². The number of hydrogen-bond acceptors (Lipinski definition) is 3. The van der Waals surface area contributed by atoms with Gasteiger partial charge in [0.1, 0.15) is 0 Å². The molecule has 3 rings (SSSR count). The summed E-state index contributed by atoms with van der Waals surface area (Å²) < 4.78 is 1.90. The average molecular weight is 398 g/mol. The molecule has 6 heteroatoms. The summed E-state index contributed by atoms with van der Waals surface area (Å²) in [4.78, 5) is 15.0. The summed E-state index contributed by atoms with van der Waals surface area (Å²) in [5.74, 6) is 0.312. The molecule has 1 aliphatic heterocycles. The Morgan fingerprint density at radius 2 is 1.93 bits per heavy atom. The van der Waals surface area contributed by atoms with Crippen molar-refractivity contribution in [3.05, 3.63) is 53.9 Å². The van der Waals surface area contributed by atoms with Crippen molar-refractivity contribution in [2.45, 2.75) is 53.2 Å². The van der Waals surface area contributed by atoms with Crippen LogP contribution in [-0.2, 0) is 19.5 Å². The molecule has 2 N–H and O–H groups in total. The van der Waals surface area contributed by atoms with E-state index in [1.807, 2.05) is 16.9 Å². The molecule has 0 fully saturated rings. The van der Waals surface area contributed by atoms with Gasteiger partial charge in [0.25, 0.3) is 0 Å². The number of rotatable bonds is 7. The van der Waals surface area contributed by atoms with Crippen LogP contribution in [0.1, 0.15) is 38.8 Å². The van der Waals surface area contributed by atoms with Gasteiger partial charge < -0.3 is 10.6 Å². The molecule has 2 atom stereocenters. The summed E-state index contributed by atoms with van der Waals surface area (Å²) in [6, 6.07) is 10.6. The monoisotopic (exact) mass is 397 g/mol. The first kappa shape index (κ1) is 21.4. The summed E-state index contributed by atoms with van der Waals surface area (Å²) in [6.45, 7) is 13.0. The van der Waals surface area contributed by atoms with Gasteiger partial charge in [0.2, 0.25) is 0 Å². The molecule has 2 amide bonds. The highest BCUT2D eigenvalue weighted by Gasteiger charge is 2.29. The van der Waals surface area contributed by atoms with Gasteiger partial charge in [-0.25, -0.2) is 4.79 Å². The standard InChI is InChI=1S/C23H35N5O/c1-18(15-28-12-7-11-25-28)14-24-22(29)26-21(23(2,3)4)17-27-13-10-19-8-5-6-9-20(19)16-27/h5-9,11-12,18,21H,10,13-17H2,1-4H3,(H2,24,26,29)/t18-,21+/m1/s1. The van der Waals surface area contributed by atoms with Gasteiger partial charge in [-0.2, -0.15) is 5.10 Å². The lowest BCUT2D eigenvalue weighted by atomic mass is 9.86. The Balaban J connectivity index is 1.50. The molecule has 0 spiro atoms. The number of nitrogens with one attached hydrogen (secondary N) is 2. The molecule has 1 aliphatic rings. The Hall–Kier alpha value is -2.34. The summed E-state index contributed by atoms with van der Waals surface area (Å²) in [5, 5.41) is 10.5. The Labute approximate surface area is 174 Å². The molecule has 0 aliphatic carbocycles. The number of carbonyl (C=O) groups is 1. The van der Waals surface area contributed by atoms with Crippen LogP contribution in [0.5, 0.6) is 0 Å². The van der Waals surface area contributed by atoms with E-state index in [1.165, 1.54) is 11.1 Å². The third kappa shape index (κ3) is 6.32. The van der Waals surface area contributed by atoms with Crippen LogP contribution < -0.4 is 10.6 Å². The van der Waals surface area contributed by atoms with Crippen LogP contribution in [0.15, 0.2) is 42.7 Å². The van der Waals surface area contributed by atoms with Crippen LogP contribution in [0.4, 0.5) is 4.79 Å². The van der Waals surface area contributed by atoms with Crippen LogP contribution in [0, 0.1) is 11.3 Å². The predicted molar refractivity (Wildman–Crippen MR) is 117 cm³/mol. The Morgan fingerprint density at radius 3 is 2.62 bits per heavy atom. The quantitative estimate of drug-likeness (QED) is 0.754. The normalized spacial score (nSPS) is 16.7. The van der Waals surface area contributed by atoms with E-state index >= 15 is 0 Å². The molecular formula is C23H35N5O. The highest BCUT2D eigenvalue weighted by atomic mass is 16.2. The van der Waals surface area contributed by atoms with E-state index < -0.39 is 0 Å². The van der Waals surface area contributed by atoms with Gasteiger partial charge in [0, 0.05) is 51.2 Å². The zero-order chi connectivity index (χ0) is 20.9. The van der Waals surface area contributed by atoms with Crippen molar-refractivity contribution >= 4 is 6.03 Å². The number of urea groups is 1. The second-order valence-corrected chi connectivity index (χ2v) is 9.36. The summed E-state index contributed by atoms with van der Waals surface area (Å²) in [6.07, 6.45) is 4.80. The molecule has 1 aromatic heterocycles. The SMILES string of the molecule is C[C@H](CNC(=O)N[C@@H](CN1CCc2ccccc2C1)C(C)(C)C)Cn1cccn1. The maximum atomic E-state index is 12.6. The Kier molecular flexibility index (Phi) is 6.96. The lowest BCUT2D eigenvalue weighted by Crippen LogP contribution is -2.54. The molecule has 29 heavy (non-hydrogen) atoms. The number of hydrogen-bond donors (Lipinski definition) is 2. The second kappa shape index (κ2) is 9.44. The molecule has 0 saturated carbocycles. The van der Waals surface area contributed by atoms with Crippen molar-refractivity contribution < 1.29 is 4.79 Å². The van der Waals surface area contributed by atoms with Crippen molar-refractivity contribution in [1.82, 2.24) is 25.3 Å². The average Bonchev–Trinajstić information content (AvgIpc) is 3.18. The minimum Gasteiger partial charge on any atom is -0.338 e. The first-order valence-electron chi connectivity index (χ1n) is 10.6. The minimum atomic E-state index is -0.0883. The Morgan fingerprint density at radius 1 is 1.17 bits per heavy atom.